The second kappa shape index (κ2) is 6.92. The monoisotopic (exact) mass is 421 g/mol. The van der Waals surface area contributed by atoms with Gasteiger partial charge in [0.1, 0.15) is 12.1 Å². The van der Waals surface area contributed by atoms with Crippen LogP contribution in [0.1, 0.15) is 41.6 Å². The van der Waals surface area contributed by atoms with Crippen molar-refractivity contribution in [3.63, 3.8) is 0 Å². The van der Waals surface area contributed by atoms with Crippen LogP contribution in [0.2, 0.25) is 0 Å². The summed E-state index contributed by atoms with van der Waals surface area (Å²) in [6.45, 7) is -0.00477. The Kier molecular flexibility index (Phi) is 4.66. The van der Waals surface area contributed by atoms with E-state index in [9.17, 15) is 32.7 Å². The van der Waals surface area contributed by atoms with Crippen LogP contribution in [0, 0.1) is 0 Å². The molecule has 11 heteroatoms. The van der Waals surface area contributed by atoms with E-state index in [1.807, 2.05) is 0 Å². The largest absolute Gasteiger partial charge is 0.480 e. The third-order valence-electron chi connectivity index (χ3n) is 5.61. The Morgan fingerprint density at radius 3 is 2.62 bits per heavy atom. The van der Waals surface area contributed by atoms with Gasteiger partial charge in [-0.15, -0.1) is 0 Å². The first-order valence-corrected chi connectivity index (χ1v) is 10.7. The quantitative estimate of drug-likeness (QED) is 0.635. The third-order valence-corrected chi connectivity index (χ3v) is 7.61. The Bertz CT molecular complexity index is 1040. The van der Waals surface area contributed by atoms with Gasteiger partial charge in [0.2, 0.25) is 21.8 Å². The van der Waals surface area contributed by atoms with E-state index in [-0.39, 0.29) is 48.4 Å². The Morgan fingerprint density at radius 2 is 1.93 bits per heavy atom. The minimum absolute atomic E-state index is 0.0910. The lowest BCUT2D eigenvalue weighted by molar-refractivity contribution is -0.141. The van der Waals surface area contributed by atoms with E-state index in [0.717, 1.165) is 4.31 Å². The number of sulfonamides is 1. The van der Waals surface area contributed by atoms with E-state index in [2.05, 4.69) is 5.32 Å². The molecule has 3 aliphatic heterocycles. The van der Waals surface area contributed by atoms with Crippen molar-refractivity contribution < 1.29 is 32.7 Å². The van der Waals surface area contributed by atoms with Gasteiger partial charge in [-0.25, -0.2) is 8.42 Å². The fourth-order valence-corrected chi connectivity index (χ4v) is 6.09. The van der Waals surface area contributed by atoms with Gasteiger partial charge in [0.25, 0.3) is 5.91 Å². The highest BCUT2D eigenvalue weighted by atomic mass is 32.2. The van der Waals surface area contributed by atoms with E-state index < -0.39 is 45.8 Å². The second-order valence-corrected chi connectivity index (χ2v) is 9.15. The van der Waals surface area contributed by atoms with Gasteiger partial charge in [0.05, 0.1) is 4.90 Å². The number of aliphatic carboxylic acids is 1. The summed E-state index contributed by atoms with van der Waals surface area (Å²) in [5.74, 6) is -2.69. The fourth-order valence-electron chi connectivity index (χ4n) is 4.20. The van der Waals surface area contributed by atoms with Crippen molar-refractivity contribution in [2.45, 2.75) is 49.2 Å². The molecule has 3 heterocycles. The van der Waals surface area contributed by atoms with E-state index >= 15 is 0 Å². The predicted molar refractivity (Wildman–Crippen MR) is 97.0 cm³/mol. The standard InChI is InChI=1S/C18H19N3O7S/c22-15-7-6-12(16(23)19-15)20-9-11-10(17(20)24)3-1-5-14(11)29(27,28)21-8-2-4-13(21)18(25)26/h1,3,5,12-13H,2,4,6-9H2,(H,25,26)(H,19,22,23). The number of fused-ring (bicyclic) bond motifs is 1. The second-order valence-electron chi connectivity index (χ2n) is 7.29. The molecule has 2 fully saturated rings. The normalized spacial score (nSPS) is 25.2. The summed E-state index contributed by atoms with van der Waals surface area (Å²) < 4.78 is 27.4. The minimum atomic E-state index is -4.14. The number of hydrogen-bond donors (Lipinski definition) is 2. The van der Waals surface area contributed by atoms with E-state index in [1.165, 1.54) is 23.1 Å². The van der Waals surface area contributed by atoms with Gasteiger partial charge >= 0.3 is 5.97 Å². The summed E-state index contributed by atoms with van der Waals surface area (Å²) in [6.07, 6.45) is 0.924. The summed E-state index contributed by atoms with van der Waals surface area (Å²) in [7, 11) is -4.14. The average molecular weight is 421 g/mol. The SMILES string of the molecule is O=C1CCC(N2Cc3c(cccc3S(=O)(=O)N3CCCC3C(=O)O)C2=O)C(=O)N1. The van der Waals surface area contributed by atoms with Crippen LogP contribution in [0.15, 0.2) is 23.1 Å². The summed E-state index contributed by atoms with van der Waals surface area (Å²) in [5, 5.41) is 11.5. The number of rotatable bonds is 4. The zero-order valence-corrected chi connectivity index (χ0v) is 16.1. The summed E-state index contributed by atoms with van der Waals surface area (Å²) in [6, 6.07) is 2.28. The van der Waals surface area contributed by atoms with Crippen molar-refractivity contribution in [1.29, 1.82) is 0 Å². The lowest BCUT2D eigenvalue weighted by atomic mass is 10.0. The molecule has 29 heavy (non-hydrogen) atoms. The summed E-state index contributed by atoms with van der Waals surface area (Å²) in [5.41, 5.74) is 0.417. The number of carbonyl (C=O) groups is 4. The van der Waals surface area contributed by atoms with Crippen LogP contribution in [0.25, 0.3) is 0 Å². The average Bonchev–Trinajstić information content (AvgIpc) is 3.28. The van der Waals surface area contributed by atoms with Gasteiger partial charge in [-0.2, -0.15) is 4.31 Å². The molecule has 0 spiro atoms. The first kappa shape index (κ1) is 19.5. The number of hydrogen-bond acceptors (Lipinski definition) is 6. The Hall–Kier alpha value is -2.79. The van der Waals surface area contributed by atoms with E-state index in [0.29, 0.717) is 6.42 Å². The molecule has 154 valence electrons. The molecule has 1 aromatic carbocycles. The number of imide groups is 1. The molecule has 3 aliphatic rings. The van der Waals surface area contributed by atoms with Gasteiger partial charge in [-0.05, 0) is 31.4 Å². The molecule has 0 bridgehead atoms. The maximum atomic E-state index is 13.2. The molecule has 0 aromatic heterocycles. The smallest absolute Gasteiger partial charge is 0.322 e. The molecular formula is C18H19N3O7S. The Morgan fingerprint density at radius 1 is 1.17 bits per heavy atom. The molecule has 2 atom stereocenters. The number of carbonyl (C=O) groups excluding carboxylic acids is 3. The van der Waals surface area contributed by atoms with Crippen molar-refractivity contribution in [2.75, 3.05) is 6.54 Å². The highest BCUT2D eigenvalue weighted by Crippen LogP contribution is 2.35. The minimum Gasteiger partial charge on any atom is -0.480 e. The van der Waals surface area contributed by atoms with Gasteiger partial charge < -0.3 is 10.0 Å². The summed E-state index contributed by atoms with van der Waals surface area (Å²) >= 11 is 0. The van der Waals surface area contributed by atoms with Crippen molar-refractivity contribution in [3.05, 3.63) is 29.3 Å². The van der Waals surface area contributed by atoms with Crippen LogP contribution in [-0.4, -0.2) is 65.0 Å². The van der Waals surface area contributed by atoms with Crippen LogP contribution in [0.4, 0.5) is 0 Å². The molecule has 2 unspecified atom stereocenters. The van der Waals surface area contributed by atoms with Crippen LogP contribution < -0.4 is 5.32 Å². The number of benzene rings is 1. The van der Waals surface area contributed by atoms with Gasteiger partial charge in [-0.1, -0.05) is 6.07 Å². The molecule has 0 aliphatic carbocycles. The number of carboxylic acids is 1. The molecule has 2 saturated heterocycles. The van der Waals surface area contributed by atoms with Crippen LogP contribution in [-0.2, 0) is 31.0 Å². The molecule has 2 N–H and O–H groups in total. The lowest BCUT2D eigenvalue weighted by Crippen LogP contribution is -2.52. The Labute approximate surface area is 166 Å². The molecular weight excluding hydrogens is 402 g/mol. The topological polar surface area (TPSA) is 141 Å². The van der Waals surface area contributed by atoms with Crippen molar-refractivity contribution in [1.82, 2.24) is 14.5 Å². The van der Waals surface area contributed by atoms with E-state index in [4.69, 9.17) is 0 Å². The van der Waals surface area contributed by atoms with Crippen molar-refractivity contribution in [3.8, 4) is 0 Å². The third kappa shape index (κ3) is 3.10. The zero-order chi connectivity index (χ0) is 20.9. The van der Waals surface area contributed by atoms with E-state index in [1.54, 1.807) is 0 Å². The number of carboxylic acid groups (broad SMARTS) is 1. The van der Waals surface area contributed by atoms with Gasteiger partial charge in [-0.3, -0.25) is 24.5 Å². The maximum absolute atomic E-state index is 13.2. The van der Waals surface area contributed by atoms with Crippen LogP contribution in [0.5, 0.6) is 0 Å². The van der Waals surface area contributed by atoms with Crippen molar-refractivity contribution in [2.24, 2.45) is 0 Å². The molecule has 1 aromatic rings. The Balaban J connectivity index is 1.69. The predicted octanol–water partition coefficient (Wildman–Crippen LogP) is -0.315. The fraction of sp³-hybridized carbons (Fsp3) is 0.444. The molecule has 3 amide bonds. The highest BCUT2D eigenvalue weighted by Gasteiger charge is 2.44. The maximum Gasteiger partial charge on any atom is 0.322 e. The van der Waals surface area contributed by atoms with Gasteiger partial charge in [0, 0.05) is 30.6 Å². The molecule has 0 radical (unpaired) electrons. The molecule has 4 rings (SSSR count). The number of nitrogens with zero attached hydrogens (tertiary/aromatic N) is 2. The summed E-state index contributed by atoms with van der Waals surface area (Å²) in [4.78, 5) is 49.0. The molecule has 10 nitrogen and oxygen atoms in total. The number of amides is 3. The van der Waals surface area contributed by atoms with Gasteiger partial charge in [0.15, 0.2) is 0 Å². The zero-order valence-electron chi connectivity index (χ0n) is 15.3. The number of nitrogens with one attached hydrogen (secondary N) is 1. The first-order valence-electron chi connectivity index (χ1n) is 9.23. The first-order chi connectivity index (χ1) is 13.7. The molecule has 0 saturated carbocycles. The highest BCUT2D eigenvalue weighted by molar-refractivity contribution is 7.89. The van der Waals surface area contributed by atoms with Crippen LogP contribution >= 0.6 is 0 Å². The number of piperidine rings is 1. The lowest BCUT2D eigenvalue weighted by Gasteiger charge is -2.29. The van der Waals surface area contributed by atoms with Crippen molar-refractivity contribution >= 4 is 33.7 Å². The van der Waals surface area contributed by atoms with Crippen LogP contribution in [0.3, 0.4) is 0 Å².